The number of hydrogen-bond acceptors (Lipinski definition) is 9. The van der Waals surface area contributed by atoms with Crippen LogP contribution in [-0.4, -0.2) is 72.3 Å². The average molecular weight is 617 g/mol. The third-order valence-electron chi connectivity index (χ3n) is 8.72. The Bertz CT molecular complexity index is 1160. The molecule has 3 N–H and O–H groups in total. The number of allylic oxidation sites excluding steroid dienone is 1. The molecule has 4 rings (SSSR count). The van der Waals surface area contributed by atoms with Crippen molar-refractivity contribution in [3.63, 3.8) is 0 Å². The number of aliphatic hydroxyl groups excluding tert-OH is 2. The Morgan fingerprint density at radius 3 is 2.65 bits per heavy atom. The molecule has 3 aliphatic rings. The van der Waals surface area contributed by atoms with E-state index in [0.29, 0.717) is 25.3 Å². The summed E-state index contributed by atoms with van der Waals surface area (Å²) in [6.07, 6.45) is 9.30. The molecular formula is C33H48N2O7S. The smallest absolute Gasteiger partial charge is 0.412 e. The SMILES string of the molecule is C=CCO[C@@]12Oc3ccc(OC(=O)NCC)cc3[C@H]3[C@H](CCCCO)[C@@H](CCCCO)C=C(C(=NOC)C[C@@H]1SCC)[C@H]32. The summed E-state index contributed by atoms with van der Waals surface area (Å²) in [7, 11) is 1.58. The van der Waals surface area contributed by atoms with Gasteiger partial charge in [-0.15, -0.1) is 6.58 Å². The lowest BCUT2D eigenvalue weighted by molar-refractivity contribution is -0.223. The second kappa shape index (κ2) is 16.0. The minimum absolute atomic E-state index is 0.0357. The summed E-state index contributed by atoms with van der Waals surface area (Å²) < 4.78 is 19.5. The zero-order valence-corrected chi connectivity index (χ0v) is 26.6. The van der Waals surface area contributed by atoms with E-state index in [2.05, 4.69) is 30.1 Å². The van der Waals surface area contributed by atoms with E-state index in [1.165, 1.54) is 0 Å². The first-order chi connectivity index (χ1) is 21.0. The van der Waals surface area contributed by atoms with Crippen molar-refractivity contribution < 1.29 is 34.1 Å². The molecule has 0 radical (unpaired) electrons. The minimum atomic E-state index is -0.974. The molecular weight excluding hydrogens is 568 g/mol. The van der Waals surface area contributed by atoms with Crippen LogP contribution >= 0.6 is 11.8 Å². The molecule has 9 nitrogen and oxygen atoms in total. The summed E-state index contributed by atoms with van der Waals surface area (Å²) in [6, 6.07) is 5.62. The average Bonchev–Trinajstić information content (AvgIpc) is 2.99. The number of hydrogen-bond donors (Lipinski definition) is 3. The van der Waals surface area contributed by atoms with Gasteiger partial charge in [0.1, 0.15) is 18.6 Å². The molecule has 6 atom stereocenters. The molecule has 0 saturated heterocycles. The van der Waals surface area contributed by atoms with Crippen molar-refractivity contribution in [3.05, 3.63) is 48.1 Å². The fraction of sp³-hybridized carbons (Fsp3) is 0.636. The van der Waals surface area contributed by atoms with Crippen molar-refractivity contribution in [1.29, 1.82) is 0 Å². The number of amides is 1. The lowest BCUT2D eigenvalue weighted by Gasteiger charge is -2.58. The van der Waals surface area contributed by atoms with Gasteiger partial charge in [-0.3, -0.25) is 0 Å². The number of rotatable bonds is 16. The van der Waals surface area contributed by atoms with Crippen LogP contribution < -0.4 is 14.8 Å². The Balaban J connectivity index is 1.94. The number of carbonyl (C=O) groups excluding carboxylic acids is 1. The van der Waals surface area contributed by atoms with Crippen LogP contribution in [0.3, 0.4) is 0 Å². The van der Waals surface area contributed by atoms with E-state index >= 15 is 0 Å². The Morgan fingerprint density at radius 2 is 1.98 bits per heavy atom. The van der Waals surface area contributed by atoms with Gasteiger partial charge in [0.15, 0.2) is 0 Å². The van der Waals surface area contributed by atoms with Crippen LogP contribution in [0.1, 0.15) is 70.3 Å². The second-order valence-electron chi connectivity index (χ2n) is 11.3. The fourth-order valence-electron chi connectivity index (χ4n) is 7.14. The summed E-state index contributed by atoms with van der Waals surface area (Å²) in [5, 5.41) is 26.4. The van der Waals surface area contributed by atoms with Gasteiger partial charge < -0.3 is 34.6 Å². The van der Waals surface area contributed by atoms with E-state index in [4.69, 9.17) is 19.0 Å². The molecule has 1 amide bonds. The number of carbonyl (C=O) groups is 1. The highest BCUT2D eigenvalue weighted by atomic mass is 32.2. The molecule has 2 aliphatic carbocycles. The van der Waals surface area contributed by atoms with Crippen molar-refractivity contribution in [1.82, 2.24) is 5.32 Å². The van der Waals surface area contributed by atoms with Gasteiger partial charge in [0.05, 0.1) is 23.5 Å². The highest BCUT2D eigenvalue weighted by molar-refractivity contribution is 8.00. The maximum Gasteiger partial charge on any atom is 0.412 e. The fourth-order valence-corrected chi connectivity index (χ4v) is 8.31. The van der Waals surface area contributed by atoms with Crippen LogP contribution in [0, 0.1) is 17.8 Å². The molecule has 10 heteroatoms. The van der Waals surface area contributed by atoms with E-state index in [1.807, 2.05) is 19.1 Å². The lowest BCUT2D eigenvalue weighted by atomic mass is 9.56. The van der Waals surface area contributed by atoms with Crippen LogP contribution in [0.4, 0.5) is 4.79 Å². The van der Waals surface area contributed by atoms with Crippen molar-refractivity contribution in [2.45, 2.75) is 75.7 Å². The number of ether oxygens (including phenoxy) is 3. The number of nitrogens with one attached hydrogen (secondary N) is 1. The predicted molar refractivity (Wildman–Crippen MR) is 170 cm³/mol. The second-order valence-corrected chi connectivity index (χ2v) is 12.8. The maximum atomic E-state index is 12.4. The number of aliphatic hydroxyl groups is 2. The number of thioether (sulfide) groups is 1. The van der Waals surface area contributed by atoms with Gasteiger partial charge in [-0.05, 0) is 74.0 Å². The molecule has 1 aliphatic heterocycles. The van der Waals surface area contributed by atoms with Gasteiger partial charge >= 0.3 is 6.09 Å². The van der Waals surface area contributed by atoms with Crippen LogP contribution in [0.25, 0.3) is 0 Å². The van der Waals surface area contributed by atoms with Gasteiger partial charge in [-0.1, -0.05) is 37.1 Å². The van der Waals surface area contributed by atoms with E-state index < -0.39 is 11.9 Å². The first kappa shape index (κ1) is 33.4. The van der Waals surface area contributed by atoms with Crippen molar-refractivity contribution in [3.8, 4) is 11.5 Å². The van der Waals surface area contributed by atoms with Gasteiger partial charge in [0.25, 0.3) is 0 Å². The van der Waals surface area contributed by atoms with Gasteiger partial charge in [0.2, 0.25) is 5.79 Å². The zero-order chi connectivity index (χ0) is 30.8. The largest absolute Gasteiger partial charge is 0.460 e. The first-order valence-corrected chi connectivity index (χ1v) is 16.7. The number of benzene rings is 1. The summed E-state index contributed by atoms with van der Waals surface area (Å²) in [5.41, 5.74) is 2.97. The minimum Gasteiger partial charge on any atom is -0.460 e. The quantitative estimate of drug-likeness (QED) is 0.121. The third kappa shape index (κ3) is 7.24. The Kier molecular flexibility index (Phi) is 12.4. The van der Waals surface area contributed by atoms with Crippen LogP contribution in [0.15, 0.2) is 47.7 Å². The lowest BCUT2D eigenvalue weighted by Crippen LogP contribution is -2.64. The Morgan fingerprint density at radius 1 is 1.21 bits per heavy atom. The molecule has 1 heterocycles. The monoisotopic (exact) mass is 616 g/mol. The molecule has 238 valence electrons. The molecule has 1 saturated carbocycles. The Labute approximate surface area is 260 Å². The van der Waals surface area contributed by atoms with Crippen LogP contribution in [-0.2, 0) is 9.57 Å². The molecule has 0 spiro atoms. The summed E-state index contributed by atoms with van der Waals surface area (Å²) in [5.74, 6) is 1.25. The van der Waals surface area contributed by atoms with Crippen molar-refractivity contribution in [2.24, 2.45) is 22.9 Å². The highest BCUT2D eigenvalue weighted by Gasteiger charge is 2.63. The maximum absolute atomic E-state index is 12.4. The molecule has 0 aromatic heterocycles. The normalized spacial score (nSPS) is 28.3. The summed E-state index contributed by atoms with van der Waals surface area (Å²) in [4.78, 5) is 17.8. The van der Waals surface area contributed by atoms with E-state index in [-0.39, 0.29) is 42.1 Å². The van der Waals surface area contributed by atoms with Crippen molar-refractivity contribution >= 4 is 23.6 Å². The first-order valence-electron chi connectivity index (χ1n) is 15.7. The van der Waals surface area contributed by atoms with E-state index in [1.54, 1.807) is 31.0 Å². The number of unbranched alkanes of at least 4 members (excludes halogenated alkanes) is 2. The van der Waals surface area contributed by atoms with Gasteiger partial charge in [-0.25, -0.2) is 4.79 Å². The summed E-state index contributed by atoms with van der Waals surface area (Å²) >= 11 is 1.80. The predicted octanol–water partition coefficient (Wildman–Crippen LogP) is 5.81. The van der Waals surface area contributed by atoms with Crippen LogP contribution in [0.2, 0.25) is 0 Å². The highest BCUT2D eigenvalue weighted by Crippen LogP contribution is 2.62. The molecule has 0 bridgehead atoms. The molecule has 1 aromatic rings. The topological polar surface area (TPSA) is 119 Å². The van der Waals surface area contributed by atoms with E-state index in [9.17, 15) is 15.0 Å². The summed E-state index contributed by atoms with van der Waals surface area (Å²) in [6.45, 7) is 9.03. The number of oxime groups is 1. The van der Waals surface area contributed by atoms with Crippen LogP contribution in [0.5, 0.6) is 11.5 Å². The Hall–Kier alpha value is -2.53. The molecule has 1 fully saturated rings. The van der Waals surface area contributed by atoms with Gasteiger partial charge in [-0.2, -0.15) is 11.8 Å². The standard InChI is InChI=1S/C33H48N2O7S/c1-5-18-40-33-29(43-7-3)21-27(35-39-4)25-19-22(12-8-10-16-36)24(13-9-11-17-37)30(31(25)33)26-20-23(14-15-28(26)42-33)41-32(38)34-6-2/h5,14-15,19-20,22,24,29-31,36-37H,1,6-13,16-18,21H2,2-4H3,(H,34,38)/t22-,24+,29-,30+,31+,33+/m0/s1. The van der Waals surface area contributed by atoms with Gasteiger partial charge in [0, 0.05) is 37.7 Å². The zero-order valence-electron chi connectivity index (χ0n) is 25.8. The molecule has 1 aromatic carbocycles. The number of nitrogens with zero attached hydrogens (tertiary/aromatic N) is 1. The number of fused-ring (bicyclic) bond motifs is 2. The van der Waals surface area contributed by atoms with Crippen molar-refractivity contribution in [2.75, 3.05) is 39.2 Å². The third-order valence-corrected chi connectivity index (χ3v) is 9.95. The molecule has 0 unspecified atom stereocenters. The molecule has 43 heavy (non-hydrogen) atoms. The van der Waals surface area contributed by atoms with E-state index in [0.717, 1.165) is 66.9 Å².